The molecule has 5 heteroatoms. The van der Waals surface area contributed by atoms with Crippen molar-refractivity contribution in [3.8, 4) is 5.75 Å². The van der Waals surface area contributed by atoms with Crippen molar-refractivity contribution in [3.05, 3.63) is 94.2 Å². The van der Waals surface area contributed by atoms with Gasteiger partial charge in [0.25, 0.3) is 0 Å². The van der Waals surface area contributed by atoms with Crippen LogP contribution in [-0.4, -0.2) is 47.9 Å². The highest BCUT2D eigenvalue weighted by Gasteiger charge is 2.48. The Hall–Kier alpha value is -2.86. The fraction of sp³-hybridized carbons (Fsp3) is 0.455. The fourth-order valence-electron chi connectivity index (χ4n) is 6.07. The number of aliphatic hydroxyl groups is 2. The Morgan fingerprint density at radius 2 is 1.89 bits per heavy atom. The first-order chi connectivity index (χ1) is 18.0. The molecular formula is C33H42N2O3. The summed E-state index contributed by atoms with van der Waals surface area (Å²) in [5, 5.41) is 26.0. The molecule has 0 saturated carbocycles. The van der Waals surface area contributed by atoms with Gasteiger partial charge in [0.15, 0.2) is 0 Å². The lowest BCUT2D eigenvalue weighted by Crippen LogP contribution is -2.55. The highest BCUT2D eigenvalue weighted by Crippen LogP contribution is 2.46. The topological polar surface area (TPSA) is 65.0 Å². The fourth-order valence-corrected chi connectivity index (χ4v) is 6.07. The Kier molecular flexibility index (Phi) is 7.06. The first kappa shape index (κ1) is 26.7. The lowest BCUT2D eigenvalue weighted by Gasteiger charge is -2.50. The van der Waals surface area contributed by atoms with Gasteiger partial charge in [0, 0.05) is 42.7 Å². The van der Waals surface area contributed by atoms with Crippen LogP contribution >= 0.6 is 0 Å². The van der Waals surface area contributed by atoms with Crippen molar-refractivity contribution in [2.75, 3.05) is 32.8 Å². The number of ether oxygens (including phenoxy) is 1. The maximum atomic E-state index is 11.8. The number of hydrogen-bond acceptors (Lipinski definition) is 5. The van der Waals surface area contributed by atoms with Gasteiger partial charge in [-0.15, -0.1) is 0 Å². The summed E-state index contributed by atoms with van der Waals surface area (Å²) in [6.07, 6.45) is 8.26. The normalized spacial score (nSPS) is 24.3. The third kappa shape index (κ3) is 5.07. The van der Waals surface area contributed by atoms with Crippen LogP contribution in [0.25, 0.3) is 5.57 Å². The van der Waals surface area contributed by atoms with Gasteiger partial charge < -0.3 is 25.2 Å². The third-order valence-corrected chi connectivity index (χ3v) is 8.53. The lowest BCUT2D eigenvalue weighted by atomic mass is 9.66. The standard InChI is InChI=1S/C33H42N2O3/c1-23-10-12-24(13-11-23)33(37)16-19-35(22-31(33,2)3)18-7-9-26-27-8-6-17-34-29(27)21-38-30-15-14-25(20-28(26)30)32(4,5)36/h6,8-15,20,34,36-37H,7,16-19,21-22H2,1-5H3/b26-9+/t33-/m0/s1. The number of dihydropyridines is 1. The first-order valence-electron chi connectivity index (χ1n) is 13.8. The van der Waals surface area contributed by atoms with E-state index >= 15 is 0 Å². The minimum atomic E-state index is -0.933. The van der Waals surface area contributed by atoms with Gasteiger partial charge in [-0.1, -0.05) is 68.0 Å². The number of piperidine rings is 1. The molecule has 5 nitrogen and oxygen atoms in total. The monoisotopic (exact) mass is 514 g/mol. The number of nitrogens with zero attached hydrogens (tertiary/aromatic N) is 1. The van der Waals surface area contributed by atoms with Crippen LogP contribution in [0, 0.1) is 12.3 Å². The summed E-state index contributed by atoms with van der Waals surface area (Å²) >= 11 is 0. The Balaban J connectivity index is 1.38. The molecular weight excluding hydrogens is 472 g/mol. The minimum absolute atomic E-state index is 0.274. The largest absolute Gasteiger partial charge is 0.487 e. The maximum absolute atomic E-state index is 11.8. The average molecular weight is 515 g/mol. The van der Waals surface area contributed by atoms with Gasteiger partial charge in [0.1, 0.15) is 12.4 Å². The molecule has 1 saturated heterocycles. The summed E-state index contributed by atoms with van der Waals surface area (Å²) in [4.78, 5) is 2.48. The molecule has 2 aromatic rings. The zero-order valence-electron chi connectivity index (χ0n) is 23.5. The smallest absolute Gasteiger partial charge is 0.128 e. The molecule has 0 aromatic heterocycles. The first-order valence-corrected chi connectivity index (χ1v) is 13.8. The molecule has 0 aliphatic carbocycles. The number of fused-ring (bicyclic) bond motifs is 1. The van der Waals surface area contributed by atoms with E-state index in [2.05, 4.69) is 79.5 Å². The lowest BCUT2D eigenvalue weighted by molar-refractivity contribution is -0.125. The molecule has 3 N–H and O–H groups in total. The second kappa shape index (κ2) is 10.0. The molecule has 1 fully saturated rings. The highest BCUT2D eigenvalue weighted by molar-refractivity contribution is 5.86. The van der Waals surface area contributed by atoms with Gasteiger partial charge in [-0.25, -0.2) is 0 Å². The number of likely N-dealkylation sites (tertiary alicyclic amines) is 1. The van der Waals surface area contributed by atoms with E-state index in [1.165, 1.54) is 5.56 Å². The maximum Gasteiger partial charge on any atom is 0.128 e. The van der Waals surface area contributed by atoms with Gasteiger partial charge in [0.05, 0.1) is 16.9 Å². The minimum Gasteiger partial charge on any atom is -0.487 e. The summed E-state index contributed by atoms with van der Waals surface area (Å²) in [5.41, 5.74) is 5.49. The quantitative estimate of drug-likeness (QED) is 0.497. The number of nitrogens with one attached hydrogen (secondary N) is 1. The Labute approximate surface area is 227 Å². The zero-order chi connectivity index (χ0) is 27.1. The molecule has 0 radical (unpaired) electrons. The number of hydrogen-bond donors (Lipinski definition) is 3. The van der Waals surface area contributed by atoms with E-state index in [1.54, 1.807) is 0 Å². The molecule has 0 spiro atoms. The van der Waals surface area contributed by atoms with E-state index in [9.17, 15) is 10.2 Å². The molecule has 2 aromatic carbocycles. The van der Waals surface area contributed by atoms with Crippen molar-refractivity contribution in [1.29, 1.82) is 0 Å². The van der Waals surface area contributed by atoms with Gasteiger partial charge in [0.2, 0.25) is 0 Å². The zero-order valence-corrected chi connectivity index (χ0v) is 23.5. The average Bonchev–Trinajstić information content (AvgIpc) is 3.02. The molecule has 38 heavy (non-hydrogen) atoms. The molecule has 0 unspecified atom stereocenters. The van der Waals surface area contributed by atoms with Crippen LogP contribution in [-0.2, 0) is 11.2 Å². The van der Waals surface area contributed by atoms with E-state index in [-0.39, 0.29) is 5.41 Å². The number of allylic oxidation sites excluding steroid dienone is 3. The predicted molar refractivity (Wildman–Crippen MR) is 154 cm³/mol. The Bertz CT molecular complexity index is 1280. The molecule has 202 valence electrons. The summed E-state index contributed by atoms with van der Waals surface area (Å²) in [7, 11) is 0. The summed E-state index contributed by atoms with van der Waals surface area (Å²) in [6.45, 7) is 14.0. The predicted octanol–water partition coefficient (Wildman–Crippen LogP) is 5.42. The van der Waals surface area contributed by atoms with E-state index < -0.39 is 11.2 Å². The second-order valence-electron chi connectivity index (χ2n) is 12.3. The van der Waals surface area contributed by atoms with E-state index in [1.807, 2.05) is 26.0 Å². The molecule has 3 aliphatic rings. The van der Waals surface area contributed by atoms with E-state index in [0.29, 0.717) is 13.0 Å². The highest BCUT2D eigenvalue weighted by atomic mass is 16.5. The van der Waals surface area contributed by atoms with Gasteiger partial charge in [-0.2, -0.15) is 0 Å². The van der Waals surface area contributed by atoms with Crippen LogP contribution < -0.4 is 10.1 Å². The van der Waals surface area contributed by atoms with E-state index in [4.69, 9.17) is 4.74 Å². The van der Waals surface area contributed by atoms with Crippen molar-refractivity contribution >= 4 is 5.57 Å². The van der Waals surface area contributed by atoms with E-state index in [0.717, 1.165) is 71.9 Å². The Morgan fingerprint density at radius 1 is 1.13 bits per heavy atom. The van der Waals surface area contributed by atoms with Crippen molar-refractivity contribution in [3.63, 3.8) is 0 Å². The molecule has 3 heterocycles. The van der Waals surface area contributed by atoms with Crippen LogP contribution in [0.5, 0.6) is 5.75 Å². The van der Waals surface area contributed by atoms with Gasteiger partial charge in [-0.3, -0.25) is 0 Å². The molecule has 0 amide bonds. The van der Waals surface area contributed by atoms with Crippen LogP contribution in [0.4, 0.5) is 0 Å². The number of rotatable bonds is 5. The number of benzene rings is 2. The number of aryl methyl sites for hydroxylation is 1. The van der Waals surface area contributed by atoms with Crippen LogP contribution in [0.2, 0.25) is 0 Å². The molecule has 1 atom stereocenters. The summed E-state index contributed by atoms with van der Waals surface area (Å²) in [5.74, 6) is 0.844. The van der Waals surface area contributed by atoms with Crippen LogP contribution in [0.15, 0.2) is 72.0 Å². The SMILES string of the molecule is Cc1ccc([C@@]2(O)CCN(CC/C=C3\C4=C(COc5ccc(C(C)(C)O)cc53)NCC=C4)CC2(C)C)cc1. The van der Waals surface area contributed by atoms with Crippen LogP contribution in [0.1, 0.15) is 62.8 Å². The van der Waals surface area contributed by atoms with Crippen LogP contribution in [0.3, 0.4) is 0 Å². The third-order valence-electron chi connectivity index (χ3n) is 8.53. The molecule has 3 aliphatic heterocycles. The molecule has 0 bridgehead atoms. The summed E-state index contributed by atoms with van der Waals surface area (Å²) in [6, 6.07) is 14.4. The van der Waals surface area contributed by atoms with Crippen molar-refractivity contribution < 1.29 is 14.9 Å². The summed E-state index contributed by atoms with van der Waals surface area (Å²) < 4.78 is 6.20. The van der Waals surface area contributed by atoms with Crippen molar-refractivity contribution in [2.24, 2.45) is 5.41 Å². The van der Waals surface area contributed by atoms with Gasteiger partial charge >= 0.3 is 0 Å². The van der Waals surface area contributed by atoms with Crippen molar-refractivity contribution in [2.45, 2.75) is 58.7 Å². The van der Waals surface area contributed by atoms with Crippen molar-refractivity contribution in [1.82, 2.24) is 10.2 Å². The Morgan fingerprint density at radius 3 is 2.61 bits per heavy atom. The molecule has 5 rings (SSSR count). The van der Waals surface area contributed by atoms with Gasteiger partial charge in [-0.05, 0) is 62.4 Å². The second-order valence-corrected chi connectivity index (χ2v) is 12.3.